The number of piperidine rings is 2. The molecule has 2 aromatic rings. The van der Waals surface area contributed by atoms with Crippen LogP contribution in [0, 0.1) is 23.8 Å². The van der Waals surface area contributed by atoms with E-state index in [9.17, 15) is 14.3 Å². The highest BCUT2D eigenvalue weighted by Crippen LogP contribution is 2.44. The van der Waals surface area contributed by atoms with E-state index in [1.54, 1.807) is 4.90 Å². The summed E-state index contributed by atoms with van der Waals surface area (Å²) in [5.41, 5.74) is 4.80. The molecule has 1 amide bonds. The van der Waals surface area contributed by atoms with Crippen LogP contribution in [0.3, 0.4) is 0 Å². The number of terminal acetylenes is 1. The van der Waals surface area contributed by atoms with E-state index in [1.165, 1.54) is 30.2 Å². The Bertz CT molecular complexity index is 1120. The Balaban J connectivity index is 1.28. The Hall–Kier alpha value is -3.01. The number of aliphatic hydroxyl groups excluding tert-OH is 1. The smallest absolute Gasteiger partial charge is 0.412 e. The molecule has 2 aromatic heterocycles. The topological polar surface area (TPSA) is 132 Å². The highest BCUT2D eigenvalue weighted by molar-refractivity contribution is 5.81. The number of nitrogen functional groups attached to an aromatic ring is 1. The minimum absolute atomic E-state index is 0.103. The molecule has 3 aliphatic rings. The molecule has 0 aromatic carbocycles. The Morgan fingerprint density at radius 2 is 2.03 bits per heavy atom. The van der Waals surface area contributed by atoms with Crippen molar-refractivity contribution < 1.29 is 23.8 Å². The van der Waals surface area contributed by atoms with Crippen LogP contribution in [0.1, 0.15) is 44.8 Å². The molecule has 0 saturated carbocycles. The van der Waals surface area contributed by atoms with Gasteiger partial charge in [0.1, 0.15) is 11.6 Å². The second kappa shape index (κ2) is 9.56. The number of nitrogens with two attached hydrogens (primary N) is 1. The van der Waals surface area contributed by atoms with E-state index >= 15 is 0 Å². The molecule has 3 saturated heterocycles. The van der Waals surface area contributed by atoms with Crippen LogP contribution in [0.25, 0.3) is 11.2 Å². The fraction of sp³-hybridized carbons (Fsp3) is 0.652. The standard InChI is InChI=1S/C23H30FN7O4/c1-2-23(13-32)12-16(31-14-26-17-18(25)27-21(24)28-19(17)31)34-20(23)35-22(33)30-10-6-15(7-11-30)29-8-4-3-5-9-29/h1,14-16,20,32H,3-13H2,(H2,25,27,28)/t16-,20-,23-/m1/s1. The van der Waals surface area contributed by atoms with E-state index in [0.717, 1.165) is 25.9 Å². The predicted molar refractivity (Wildman–Crippen MR) is 123 cm³/mol. The first-order valence-electron chi connectivity index (χ1n) is 12.0. The average Bonchev–Trinajstić information content (AvgIpc) is 3.46. The summed E-state index contributed by atoms with van der Waals surface area (Å²) in [6, 6.07) is 0.484. The molecule has 3 N–H and O–H groups in total. The van der Waals surface area contributed by atoms with Gasteiger partial charge in [0, 0.05) is 25.6 Å². The van der Waals surface area contributed by atoms with Crippen molar-refractivity contribution in [2.75, 3.05) is 38.5 Å². The first kappa shape index (κ1) is 23.7. The molecule has 0 spiro atoms. The fourth-order valence-electron chi connectivity index (χ4n) is 5.33. The molecule has 3 fully saturated rings. The summed E-state index contributed by atoms with van der Waals surface area (Å²) < 4.78 is 26.9. The van der Waals surface area contributed by atoms with Gasteiger partial charge in [-0.1, -0.05) is 12.3 Å². The number of halogens is 1. The van der Waals surface area contributed by atoms with E-state index in [1.807, 2.05) is 0 Å². The third-order valence-corrected chi connectivity index (χ3v) is 7.41. The lowest BCUT2D eigenvalue weighted by atomic mass is 9.87. The summed E-state index contributed by atoms with van der Waals surface area (Å²) in [7, 11) is 0. The van der Waals surface area contributed by atoms with Gasteiger partial charge in [-0.25, -0.2) is 9.78 Å². The highest BCUT2D eigenvalue weighted by Gasteiger charge is 2.51. The predicted octanol–water partition coefficient (Wildman–Crippen LogP) is 1.49. The monoisotopic (exact) mass is 487 g/mol. The van der Waals surface area contributed by atoms with Crippen molar-refractivity contribution in [1.29, 1.82) is 0 Å². The van der Waals surface area contributed by atoms with Crippen LogP contribution in [-0.2, 0) is 9.47 Å². The molecule has 35 heavy (non-hydrogen) atoms. The summed E-state index contributed by atoms with van der Waals surface area (Å²) >= 11 is 0. The molecule has 12 heteroatoms. The zero-order valence-corrected chi connectivity index (χ0v) is 19.5. The minimum Gasteiger partial charge on any atom is -0.418 e. The van der Waals surface area contributed by atoms with Crippen molar-refractivity contribution in [2.24, 2.45) is 5.41 Å². The normalized spacial score (nSPS) is 28.3. The molecule has 5 heterocycles. The first-order valence-corrected chi connectivity index (χ1v) is 12.0. The van der Waals surface area contributed by atoms with E-state index in [4.69, 9.17) is 21.6 Å². The number of anilines is 1. The van der Waals surface area contributed by atoms with Crippen molar-refractivity contribution >= 4 is 23.1 Å². The van der Waals surface area contributed by atoms with Gasteiger partial charge in [-0.15, -0.1) is 6.42 Å². The number of amides is 1. The van der Waals surface area contributed by atoms with Gasteiger partial charge in [-0.2, -0.15) is 14.4 Å². The number of fused-ring (bicyclic) bond motifs is 1. The summed E-state index contributed by atoms with van der Waals surface area (Å²) in [6.07, 6.45) is 9.24. The number of ether oxygens (including phenoxy) is 2. The molecule has 0 radical (unpaired) electrons. The number of imidazole rings is 1. The molecule has 188 valence electrons. The maximum atomic E-state index is 13.8. The third-order valence-electron chi connectivity index (χ3n) is 7.41. The van der Waals surface area contributed by atoms with E-state index < -0.39 is 36.7 Å². The number of carbonyl (C=O) groups is 1. The number of hydrogen-bond donors (Lipinski definition) is 2. The van der Waals surface area contributed by atoms with Crippen molar-refractivity contribution in [2.45, 2.75) is 57.1 Å². The van der Waals surface area contributed by atoms with Crippen LogP contribution in [0.4, 0.5) is 15.0 Å². The SMILES string of the molecule is C#C[C@]1(CO)C[C@H](n2cnc3c(N)nc(F)nc32)O[C@@H]1OC(=O)N1CCC(N2CCCCC2)CC1. The summed E-state index contributed by atoms with van der Waals surface area (Å²) in [4.78, 5) is 28.6. The maximum absolute atomic E-state index is 13.8. The summed E-state index contributed by atoms with van der Waals surface area (Å²) in [6.45, 7) is 2.95. The lowest BCUT2D eigenvalue weighted by molar-refractivity contribution is -0.152. The molecule has 3 atom stereocenters. The number of likely N-dealkylation sites (tertiary alicyclic amines) is 2. The molecule has 5 rings (SSSR count). The highest BCUT2D eigenvalue weighted by atomic mass is 19.1. The lowest BCUT2D eigenvalue weighted by Crippen LogP contribution is -2.49. The quantitative estimate of drug-likeness (QED) is 0.486. The van der Waals surface area contributed by atoms with E-state index in [-0.39, 0.29) is 23.4 Å². The number of aliphatic hydroxyl groups is 1. The Labute approximate surface area is 202 Å². The summed E-state index contributed by atoms with van der Waals surface area (Å²) in [5.74, 6) is 2.45. The van der Waals surface area contributed by atoms with Crippen LogP contribution in [0.2, 0.25) is 0 Å². The van der Waals surface area contributed by atoms with Gasteiger partial charge >= 0.3 is 12.2 Å². The molecule has 0 aliphatic carbocycles. The zero-order chi connectivity index (χ0) is 24.6. The molecular weight excluding hydrogens is 457 g/mol. The van der Waals surface area contributed by atoms with Crippen LogP contribution in [-0.4, -0.2) is 85.6 Å². The van der Waals surface area contributed by atoms with Gasteiger partial charge in [0.15, 0.2) is 17.0 Å². The zero-order valence-electron chi connectivity index (χ0n) is 19.5. The van der Waals surface area contributed by atoms with Gasteiger partial charge in [0.05, 0.1) is 12.9 Å². The number of nitrogens with zero attached hydrogens (tertiary/aromatic N) is 6. The number of carbonyl (C=O) groups excluding carboxylic acids is 1. The van der Waals surface area contributed by atoms with Gasteiger partial charge in [0.2, 0.25) is 6.29 Å². The Kier molecular flexibility index (Phi) is 6.48. The number of hydrogen-bond acceptors (Lipinski definition) is 9. The Morgan fingerprint density at radius 1 is 1.29 bits per heavy atom. The molecular formula is C23H30FN7O4. The van der Waals surface area contributed by atoms with Crippen LogP contribution in [0.15, 0.2) is 6.33 Å². The van der Waals surface area contributed by atoms with Crippen molar-refractivity contribution in [3.63, 3.8) is 0 Å². The maximum Gasteiger partial charge on any atom is 0.412 e. The number of rotatable bonds is 4. The van der Waals surface area contributed by atoms with Gasteiger partial charge in [-0.3, -0.25) is 4.57 Å². The average molecular weight is 488 g/mol. The molecule has 0 bridgehead atoms. The summed E-state index contributed by atoms with van der Waals surface area (Å²) in [5, 5.41) is 10.1. The molecule has 3 aliphatic heterocycles. The Morgan fingerprint density at radius 3 is 2.71 bits per heavy atom. The fourth-order valence-corrected chi connectivity index (χ4v) is 5.33. The van der Waals surface area contributed by atoms with Crippen molar-refractivity contribution in [1.82, 2.24) is 29.3 Å². The van der Waals surface area contributed by atoms with Crippen molar-refractivity contribution in [3.05, 3.63) is 12.4 Å². The molecule has 0 unspecified atom stereocenters. The van der Waals surface area contributed by atoms with E-state index in [0.29, 0.717) is 19.1 Å². The van der Waals surface area contributed by atoms with Gasteiger partial charge < -0.3 is 30.1 Å². The molecule has 11 nitrogen and oxygen atoms in total. The second-order valence-corrected chi connectivity index (χ2v) is 9.49. The van der Waals surface area contributed by atoms with Crippen molar-refractivity contribution in [3.8, 4) is 12.3 Å². The van der Waals surface area contributed by atoms with Gasteiger partial charge in [-0.05, 0) is 38.8 Å². The third kappa shape index (κ3) is 4.39. The van der Waals surface area contributed by atoms with Crippen LogP contribution >= 0.6 is 0 Å². The lowest BCUT2D eigenvalue weighted by Gasteiger charge is -2.40. The van der Waals surface area contributed by atoms with Crippen LogP contribution < -0.4 is 5.73 Å². The second-order valence-electron chi connectivity index (χ2n) is 9.49. The van der Waals surface area contributed by atoms with Gasteiger partial charge in [0.25, 0.3) is 0 Å². The van der Waals surface area contributed by atoms with Crippen LogP contribution in [0.5, 0.6) is 0 Å². The number of aromatic nitrogens is 4. The first-order chi connectivity index (χ1) is 16.9. The largest absolute Gasteiger partial charge is 0.418 e. The minimum atomic E-state index is -1.28. The van der Waals surface area contributed by atoms with E-state index in [2.05, 4.69) is 25.8 Å².